The molecule has 5 heteroatoms. The number of hydrogen-bond acceptors (Lipinski definition) is 4. The van der Waals surface area contributed by atoms with E-state index in [0.29, 0.717) is 0 Å². The fourth-order valence-corrected chi connectivity index (χ4v) is 2.39. The highest BCUT2D eigenvalue weighted by Gasteiger charge is 2.06. The van der Waals surface area contributed by atoms with Crippen LogP contribution < -0.4 is 5.32 Å². The smallest absolute Gasteiger partial charge is 0.161 e. The minimum Gasteiger partial charge on any atom is -0.396 e. The van der Waals surface area contributed by atoms with E-state index in [4.69, 9.17) is 5.11 Å². The van der Waals surface area contributed by atoms with E-state index >= 15 is 0 Å². The van der Waals surface area contributed by atoms with Crippen molar-refractivity contribution in [3.8, 4) is 11.4 Å². The van der Waals surface area contributed by atoms with Crippen molar-refractivity contribution < 1.29 is 5.11 Å². The third-order valence-electron chi connectivity index (χ3n) is 3.38. The molecule has 118 valence electrons. The summed E-state index contributed by atoms with van der Waals surface area (Å²) in [7, 11) is 0. The van der Waals surface area contributed by atoms with Gasteiger partial charge in [-0.2, -0.15) is 0 Å². The van der Waals surface area contributed by atoms with Crippen LogP contribution >= 0.6 is 15.9 Å². The van der Waals surface area contributed by atoms with Crippen LogP contribution in [0, 0.1) is 0 Å². The number of aryl methyl sites for hydroxylation is 1. The first-order chi connectivity index (χ1) is 10.7. The molecule has 0 bridgehead atoms. The molecule has 1 aromatic carbocycles. The van der Waals surface area contributed by atoms with Gasteiger partial charge in [-0.15, -0.1) is 0 Å². The number of nitrogens with zero attached hydrogens (tertiary/aromatic N) is 2. The monoisotopic (exact) mass is 363 g/mol. The molecule has 0 aliphatic heterocycles. The third kappa shape index (κ3) is 5.07. The summed E-state index contributed by atoms with van der Waals surface area (Å²) in [6.45, 7) is 3.22. The second kappa shape index (κ2) is 8.86. The van der Waals surface area contributed by atoms with E-state index < -0.39 is 0 Å². The van der Waals surface area contributed by atoms with Crippen LogP contribution in [-0.4, -0.2) is 28.2 Å². The molecule has 0 radical (unpaired) electrons. The molecular weight excluding hydrogens is 342 g/mol. The van der Waals surface area contributed by atoms with Crippen molar-refractivity contribution in [3.05, 3.63) is 40.5 Å². The van der Waals surface area contributed by atoms with Crippen LogP contribution in [0.3, 0.4) is 0 Å². The lowest BCUT2D eigenvalue weighted by atomic mass is 10.2. The Morgan fingerprint density at radius 1 is 1.09 bits per heavy atom. The zero-order valence-electron chi connectivity index (χ0n) is 12.8. The summed E-state index contributed by atoms with van der Waals surface area (Å²) in [6.07, 6.45) is 3.79. The molecule has 2 rings (SSSR count). The summed E-state index contributed by atoms with van der Waals surface area (Å²) in [5.74, 6) is 1.62. The number of benzene rings is 1. The molecule has 2 N–H and O–H groups in total. The minimum absolute atomic E-state index is 0.265. The molecule has 22 heavy (non-hydrogen) atoms. The van der Waals surface area contributed by atoms with Gasteiger partial charge in [-0.3, -0.25) is 0 Å². The van der Waals surface area contributed by atoms with Crippen LogP contribution in [0.1, 0.15) is 31.9 Å². The number of aromatic nitrogens is 2. The average Bonchev–Trinajstić information content (AvgIpc) is 2.55. The maximum absolute atomic E-state index is 8.79. The van der Waals surface area contributed by atoms with Crippen molar-refractivity contribution in [2.24, 2.45) is 0 Å². The van der Waals surface area contributed by atoms with Gasteiger partial charge in [-0.1, -0.05) is 35.0 Å². The van der Waals surface area contributed by atoms with Gasteiger partial charge in [0.2, 0.25) is 0 Å². The van der Waals surface area contributed by atoms with Crippen LogP contribution in [0.25, 0.3) is 11.4 Å². The Labute approximate surface area is 140 Å². The number of aliphatic hydroxyl groups is 1. The standard InChI is InChI=1S/C17H22BrN3O/c1-2-15-12-16(19-10-4-3-5-11-22)21-17(20-15)13-6-8-14(18)9-7-13/h6-9,12,22H,2-5,10-11H2,1H3,(H,19,20,21). The first-order valence-corrected chi connectivity index (χ1v) is 8.51. The summed E-state index contributed by atoms with van der Waals surface area (Å²) in [5, 5.41) is 12.1. The molecular formula is C17H22BrN3O. The second-order valence-corrected chi connectivity index (χ2v) is 6.06. The lowest BCUT2D eigenvalue weighted by Gasteiger charge is -2.09. The maximum atomic E-state index is 8.79. The fraction of sp³-hybridized carbons (Fsp3) is 0.412. The summed E-state index contributed by atoms with van der Waals surface area (Å²) < 4.78 is 1.05. The summed E-state index contributed by atoms with van der Waals surface area (Å²) in [4.78, 5) is 9.22. The van der Waals surface area contributed by atoms with Gasteiger partial charge in [0.15, 0.2) is 5.82 Å². The number of anilines is 1. The topological polar surface area (TPSA) is 58.0 Å². The van der Waals surface area contributed by atoms with Gasteiger partial charge in [0.05, 0.1) is 0 Å². The molecule has 2 aromatic rings. The Morgan fingerprint density at radius 2 is 1.86 bits per heavy atom. The molecule has 0 amide bonds. The van der Waals surface area contributed by atoms with Crippen LogP contribution in [0.2, 0.25) is 0 Å². The van der Waals surface area contributed by atoms with Crippen molar-refractivity contribution in [1.29, 1.82) is 0 Å². The van der Waals surface area contributed by atoms with Crippen LogP contribution in [0.5, 0.6) is 0 Å². The molecule has 0 saturated heterocycles. The van der Waals surface area contributed by atoms with Crippen molar-refractivity contribution in [3.63, 3.8) is 0 Å². The second-order valence-electron chi connectivity index (χ2n) is 5.14. The lowest BCUT2D eigenvalue weighted by molar-refractivity contribution is 0.283. The zero-order valence-corrected chi connectivity index (χ0v) is 14.4. The van der Waals surface area contributed by atoms with Crippen LogP contribution in [0.4, 0.5) is 5.82 Å². The maximum Gasteiger partial charge on any atom is 0.161 e. The van der Waals surface area contributed by atoms with Crippen molar-refractivity contribution >= 4 is 21.7 Å². The lowest BCUT2D eigenvalue weighted by Crippen LogP contribution is -2.06. The van der Waals surface area contributed by atoms with Crippen LogP contribution in [0.15, 0.2) is 34.8 Å². The van der Waals surface area contributed by atoms with E-state index in [2.05, 4.69) is 38.1 Å². The van der Waals surface area contributed by atoms with Gasteiger partial charge in [0, 0.05) is 34.9 Å². The predicted molar refractivity (Wildman–Crippen MR) is 94.0 cm³/mol. The Hall–Kier alpha value is -1.46. The minimum atomic E-state index is 0.265. The van der Waals surface area contributed by atoms with Crippen molar-refractivity contribution in [2.75, 3.05) is 18.5 Å². The van der Waals surface area contributed by atoms with Crippen molar-refractivity contribution in [1.82, 2.24) is 9.97 Å². The van der Waals surface area contributed by atoms with Crippen LogP contribution in [-0.2, 0) is 6.42 Å². The number of halogens is 1. The molecule has 0 fully saturated rings. The number of rotatable bonds is 8. The van der Waals surface area contributed by atoms with Crippen molar-refractivity contribution in [2.45, 2.75) is 32.6 Å². The third-order valence-corrected chi connectivity index (χ3v) is 3.91. The highest BCUT2D eigenvalue weighted by molar-refractivity contribution is 9.10. The quantitative estimate of drug-likeness (QED) is 0.694. The van der Waals surface area contributed by atoms with Gasteiger partial charge in [-0.05, 0) is 37.8 Å². The molecule has 0 saturated carbocycles. The Kier molecular flexibility index (Phi) is 6.80. The first kappa shape index (κ1) is 16.9. The Balaban J connectivity index is 2.10. The van der Waals surface area contributed by atoms with E-state index in [0.717, 1.165) is 59.6 Å². The van der Waals surface area contributed by atoms with Gasteiger partial charge < -0.3 is 10.4 Å². The molecule has 1 aromatic heterocycles. The summed E-state index contributed by atoms with van der Waals surface area (Å²) in [5.41, 5.74) is 2.05. The highest BCUT2D eigenvalue weighted by atomic mass is 79.9. The fourth-order valence-electron chi connectivity index (χ4n) is 2.13. The zero-order chi connectivity index (χ0) is 15.8. The highest BCUT2D eigenvalue weighted by Crippen LogP contribution is 2.21. The van der Waals surface area contributed by atoms with E-state index in [-0.39, 0.29) is 6.61 Å². The molecule has 0 unspecified atom stereocenters. The number of aliphatic hydroxyl groups excluding tert-OH is 1. The molecule has 0 aliphatic carbocycles. The number of hydrogen-bond donors (Lipinski definition) is 2. The molecule has 1 heterocycles. The average molecular weight is 364 g/mol. The van der Waals surface area contributed by atoms with Gasteiger partial charge in [0.25, 0.3) is 0 Å². The Morgan fingerprint density at radius 3 is 2.55 bits per heavy atom. The van der Waals surface area contributed by atoms with E-state index in [1.54, 1.807) is 0 Å². The van der Waals surface area contributed by atoms with E-state index in [9.17, 15) is 0 Å². The largest absolute Gasteiger partial charge is 0.396 e. The molecule has 0 spiro atoms. The molecule has 0 aliphatic rings. The number of unbranched alkanes of at least 4 members (excludes halogenated alkanes) is 2. The predicted octanol–water partition coefficient (Wildman–Crippen LogP) is 4.04. The summed E-state index contributed by atoms with van der Waals surface area (Å²) >= 11 is 3.44. The first-order valence-electron chi connectivity index (χ1n) is 7.71. The Bertz CT molecular complexity index is 587. The summed E-state index contributed by atoms with van der Waals surface area (Å²) in [6, 6.07) is 10.0. The molecule has 0 atom stereocenters. The van der Waals surface area contributed by atoms with E-state index in [1.807, 2.05) is 30.3 Å². The SMILES string of the molecule is CCc1cc(NCCCCCO)nc(-c2ccc(Br)cc2)n1. The number of nitrogens with one attached hydrogen (secondary N) is 1. The van der Waals surface area contributed by atoms with Gasteiger partial charge in [-0.25, -0.2) is 9.97 Å². The van der Waals surface area contributed by atoms with Gasteiger partial charge in [0.1, 0.15) is 5.82 Å². The van der Waals surface area contributed by atoms with Gasteiger partial charge >= 0.3 is 0 Å². The van der Waals surface area contributed by atoms with E-state index in [1.165, 1.54) is 0 Å². The molecule has 4 nitrogen and oxygen atoms in total. The normalized spacial score (nSPS) is 10.7.